The first-order valence-corrected chi connectivity index (χ1v) is 9.40. The average Bonchev–Trinajstić information content (AvgIpc) is 3.15. The van der Waals surface area contributed by atoms with E-state index in [1.54, 1.807) is 0 Å². The van der Waals surface area contributed by atoms with Crippen LogP contribution in [0.5, 0.6) is 0 Å². The van der Waals surface area contributed by atoms with E-state index in [1.165, 1.54) is 11.8 Å². The van der Waals surface area contributed by atoms with Gasteiger partial charge in [0.1, 0.15) is 0 Å². The number of carbonyl (C=O) groups excluding carboxylic acids is 1. The maximum absolute atomic E-state index is 12.2. The number of carbonyl (C=O) groups is 1. The predicted molar refractivity (Wildman–Crippen MR) is 103 cm³/mol. The lowest BCUT2D eigenvalue weighted by Gasteiger charge is -2.06. The second kappa shape index (κ2) is 6.53. The number of halogens is 1. The van der Waals surface area contributed by atoms with Crippen LogP contribution in [0.4, 0.5) is 5.69 Å². The Morgan fingerprint density at radius 1 is 1.32 bits per heavy atom. The van der Waals surface area contributed by atoms with Crippen LogP contribution in [0.2, 0.25) is 0 Å². The van der Waals surface area contributed by atoms with Gasteiger partial charge in [0, 0.05) is 10.2 Å². The van der Waals surface area contributed by atoms with Crippen molar-refractivity contribution in [1.29, 1.82) is 0 Å². The number of aryl methyl sites for hydroxylation is 1. The Morgan fingerprint density at radius 3 is 3.00 bits per heavy atom. The number of imidazole rings is 1. The molecule has 0 aliphatic heterocycles. The second-order valence-corrected chi connectivity index (χ2v) is 7.36. The summed E-state index contributed by atoms with van der Waals surface area (Å²) < 4.78 is 2.95. The van der Waals surface area contributed by atoms with E-state index in [1.807, 2.05) is 53.8 Å². The smallest absolute Gasteiger partial charge is 0.234 e. The fourth-order valence-electron chi connectivity index (χ4n) is 2.59. The number of nitrogens with one attached hydrogen (secondary N) is 2. The first-order valence-electron chi connectivity index (χ1n) is 7.62. The molecule has 4 aromatic rings. The Balaban J connectivity index is 1.50. The van der Waals surface area contributed by atoms with E-state index in [4.69, 9.17) is 0 Å². The van der Waals surface area contributed by atoms with Crippen molar-refractivity contribution < 1.29 is 4.79 Å². The van der Waals surface area contributed by atoms with Gasteiger partial charge in [-0.05, 0) is 42.8 Å². The minimum Gasteiger partial charge on any atom is -0.325 e. The molecular formula is C17H14BrN5OS. The number of aromatic amines is 1. The molecule has 25 heavy (non-hydrogen) atoms. The molecule has 0 bridgehead atoms. The number of anilines is 1. The van der Waals surface area contributed by atoms with Crippen LogP contribution in [0.1, 0.15) is 5.56 Å². The van der Waals surface area contributed by atoms with E-state index in [2.05, 4.69) is 36.4 Å². The molecule has 0 saturated heterocycles. The highest BCUT2D eigenvalue weighted by Crippen LogP contribution is 2.24. The molecule has 2 N–H and O–H groups in total. The van der Waals surface area contributed by atoms with Gasteiger partial charge in [-0.1, -0.05) is 39.8 Å². The van der Waals surface area contributed by atoms with Crippen LogP contribution in [0.25, 0.3) is 16.8 Å². The van der Waals surface area contributed by atoms with E-state index in [0.717, 1.165) is 26.8 Å². The highest BCUT2D eigenvalue weighted by Gasteiger charge is 2.13. The minimum absolute atomic E-state index is 0.0766. The standard InChI is InChI=1S/C17H14BrN5OS/c1-10-8-11(6-7-12(10)18)19-15(24)9-25-17-22-21-16-20-13-4-2-3-5-14(13)23(16)17/h2-8H,9H2,1H3,(H,19,24)(H,20,21). The number of amides is 1. The zero-order valence-corrected chi connectivity index (χ0v) is 15.7. The summed E-state index contributed by atoms with van der Waals surface area (Å²) in [7, 11) is 0. The third-order valence-electron chi connectivity index (χ3n) is 3.78. The molecule has 0 aliphatic rings. The molecule has 0 atom stereocenters. The van der Waals surface area contributed by atoms with Gasteiger partial charge in [0.2, 0.25) is 11.7 Å². The molecule has 6 nitrogen and oxygen atoms in total. The van der Waals surface area contributed by atoms with Gasteiger partial charge >= 0.3 is 0 Å². The second-order valence-electron chi connectivity index (χ2n) is 5.57. The number of fused-ring (bicyclic) bond motifs is 3. The Bertz CT molecular complexity index is 1090. The molecule has 2 aromatic heterocycles. The molecule has 0 unspecified atom stereocenters. The number of aromatic nitrogens is 4. The number of nitrogens with zero attached hydrogens (tertiary/aromatic N) is 3. The van der Waals surface area contributed by atoms with Gasteiger partial charge in [-0.3, -0.25) is 9.20 Å². The molecule has 0 radical (unpaired) electrons. The van der Waals surface area contributed by atoms with Crippen molar-refractivity contribution in [1.82, 2.24) is 19.6 Å². The van der Waals surface area contributed by atoms with Crippen molar-refractivity contribution in [2.75, 3.05) is 11.1 Å². The summed E-state index contributed by atoms with van der Waals surface area (Å²) >= 11 is 4.82. The molecule has 126 valence electrons. The van der Waals surface area contributed by atoms with Gasteiger partial charge in [0.05, 0.1) is 16.8 Å². The molecular weight excluding hydrogens is 402 g/mol. The summed E-state index contributed by atoms with van der Waals surface area (Å²) in [6.07, 6.45) is 0. The third-order valence-corrected chi connectivity index (χ3v) is 5.61. The SMILES string of the molecule is Cc1cc(NC(=O)CSc2n[nH]c3nc4ccccc4n23)ccc1Br. The van der Waals surface area contributed by atoms with Crippen LogP contribution in [-0.2, 0) is 4.79 Å². The van der Waals surface area contributed by atoms with Crippen molar-refractivity contribution in [3.8, 4) is 0 Å². The first-order chi connectivity index (χ1) is 12.1. The molecule has 2 heterocycles. The molecule has 2 aromatic carbocycles. The largest absolute Gasteiger partial charge is 0.325 e. The van der Waals surface area contributed by atoms with E-state index in [0.29, 0.717) is 10.9 Å². The predicted octanol–water partition coefficient (Wildman–Crippen LogP) is 4.01. The number of H-pyrrole nitrogens is 1. The van der Waals surface area contributed by atoms with Gasteiger partial charge in [0.15, 0.2) is 5.16 Å². The number of hydrogen-bond donors (Lipinski definition) is 2. The van der Waals surface area contributed by atoms with Gasteiger partial charge in [-0.15, -0.1) is 5.10 Å². The summed E-state index contributed by atoms with van der Waals surface area (Å²) in [5.41, 5.74) is 3.72. The zero-order chi connectivity index (χ0) is 17.4. The monoisotopic (exact) mass is 415 g/mol. The van der Waals surface area contributed by atoms with Gasteiger partial charge in [0.25, 0.3) is 0 Å². The fraction of sp³-hybridized carbons (Fsp3) is 0.118. The van der Waals surface area contributed by atoms with Crippen LogP contribution in [-0.4, -0.2) is 31.2 Å². The van der Waals surface area contributed by atoms with Crippen molar-refractivity contribution in [3.63, 3.8) is 0 Å². The first kappa shape index (κ1) is 16.2. The maximum Gasteiger partial charge on any atom is 0.234 e. The molecule has 0 spiro atoms. The van der Waals surface area contributed by atoms with Crippen LogP contribution < -0.4 is 5.32 Å². The summed E-state index contributed by atoms with van der Waals surface area (Å²) in [5.74, 6) is 0.863. The van der Waals surface area contributed by atoms with E-state index >= 15 is 0 Å². The summed E-state index contributed by atoms with van der Waals surface area (Å²) in [4.78, 5) is 16.7. The van der Waals surface area contributed by atoms with E-state index in [-0.39, 0.29) is 11.7 Å². The summed E-state index contributed by atoms with van der Waals surface area (Å²) in [6, 6.07) is 13.6. The van der Waals surface area contributed by atoms with Gasteiger partial charge in [-0.2, -0.15) is 0 Å². The van der Waals surface area contributed by atoms with Crippen LogP contribution in [0.3, 0.4) is 0 Å². The number of hydrogen-bond acceptors (Lipinski definition) is 4. The highest BCUT2D eigenvalue weighted by atomic mass is 79.9. The lowest BCUT2D eigenvalue weighted by Crippen LogP contribution is -2.14. The molecule has 0 fully saturated rings. The molecule has 4 rings (SSSR count). The van der Waals surface area contributed by atoms with Crippen molar-refractivity contribution in [2.24, 2.45) is 0 Å². The summed E-state index contributed by atoms with van der Waals surface area (Å²) in [5, 5.41) is 10.8. The lowest BCUT2D eigenvalue weighted by molar-refractivity contribution is -0.113. The quantitative estimate of drug-likeness (QED) is 0.493. The van der Waals surface area contributed by atoms with E-state index in [9.17, 15) is 4.79 Å². The maximum atomic E-state index is 12.2. The van der Waals surface area contributed by atoms with Gasteiger partial charge in [-0.25, -0.2) is 10.1 Å². The average molecular weight is 416 g/mol. The zero-order valence-electron chi connectivity index (χ0n) is 13.3. The van der Waals surface area contributed by atoms with E-state index < -0.39 is 0 Å². The number of thioether (sulfide) groups is 1. The van der Waals surface area contributed by atoms with Crippen LogP contribution >= 0.6 is 27.7 Å². The lowest BCUT2D eigenvalue weighted by atomic mass is 10.2. The van der Waals surface area contributed by atoms with Crippen molar-refractivity contribution in [3.05, 3.63) is 52.5 Å². The number of benzene rings is 2. The van der Waals surface area contributed by atoms with Gasteiger partial charge < -0.3 is 5.32 Å². The van der Waals surface area contributed by atoms with Crippen molar-refractivity contribution >= 4 is 56.1 Å². The Morgan fingerprint density at radius 2 is 2.16 bits per heavy atom. The fourth-order valence-corrected chi connectivity index (χ4v) is 3.59. The molecule has 0 saturated carbocycles. The number of rotatable bonds is 4. The normalized spacial score (nSPS) is 11.3. The Hall–Kier alpha value is -2.32. The Kier molecular flexibility index (Phi) is 4.22. The van der Waals surface area contributed by atoms with Crippen LogP contribution in [0, 0.1) is 6.92 Å². The Labute approximate surface area is 156 Å². The number of para-hydroxylation sites is 2. The molecule has 0 aliphatic carbocycles. The highest BCUT2D eigenvalue weighted by molar-refractivity contribution is 9.10. The summed E-state index contributed by atoms with van der Waals surface area (Å²) in [6.45, 7) is 1.99. The molecule has 1 amide bonds. The minimum atomic E-state index is -0.0766. The van der Waals surface area contributed by atoms with Crippen LogP contribution in [0.15, 0.2) is 52.1 Å². The third kappa shape index (κ3) is 3.14. The molecule has 8 heteroatoms. The topological polar surface area (TPSA) is 75.1 Å². The van der Waals surface area contributed by atoms with Crippen molar-refractivity contribution in [2.45, 2.75) is 12.1 Å².